The zero-order chi connectivity index (χ0) is 17.5. The lowest BCUT2D eigenvalue weighted by Crippen LogP contribution is -2.54. The molecule has 2 atom stereocenters. The van der Waals surface area contributed by atoms with E-state index in [1.165, 1.54) is 11.1 Å². The summed E-state index contributed by atoms with van der Waals surface area (Å²) in [6.45, 7) is 7.45. The summed E-state index contributed by atoms with van der Waals surface area (Å²) in [6, 6.07) is 7.40. The largest absolute Gasteiger partial charge is 0.354 e. The average Bonchev–Trinajstić information content (AvgIpc) is 2.58. The van der Waals surface area contributed by atoms with Crippen LogP contribution in [0.15, 0.2) is 24.3 Å². The molecule has 0 bridgehead atoms. The molecular formula is C19H29N3O2. The molecule has 0 spiro atoms. The van der Waals surface area contributed by atoms with E-state index in [0.29, 0.717) is 31.8 Å². The highest BCUT2D eigenvalue weighted by Crippen LogP contribution is 2.16. The second-order valence-corrected chi connectivity index (χ2v) is 6.89. The molecule has 3 N–H and O–H groups in total. The Labute approximate surface area is 144 Å². The Balaban J connectivity index is 1.98. The molecule has 2 unspecified atom stereocenters. The van der Waals surface area contributed by atoms with Crippen molar-refractivity contribution in [2.45, 2.75) is 58.7 Å². The minimum atomic E-state index is -0.469. The van der Waals surface area contributed by atoms with E-state index in [4.69, 9.17) is 0 Å². The van der Waals surface area contributed by atoms with E-state index in [2.05, 4.69) is 41.9 Å². The number of hydrogen-bond donors (Lipinski definition) is 3. The topological polar surface area (TPSA) is 70.2 Å². The molecule has 1 aromatic rings. The number of carbonyl (C=O) groups is 2. The van der Waals surface area contributed by atoms with E-state index in [-0.39, 0.29) is 17.9 Å². The Morgan fingerprint density at radius 3 is 2.62 bits per heavy atom. The SMILES string of the molecule is CCCNC(=O)C(CC(C)C)NC(=O)C1Cc2ccccc2CN1. The van der Waals surface area contributed by atoms with Gasteiger partial charge in [0, 0.05) is 13.1 Å². The number of hydrogen-bond acceptors (Lipinski definition) is 3. The van der Waals surface area contributed by atoms with Gasteiger partial charge in [-0.05, 0) is 36.3 Å². The fraction of sp³-hybridized carbons (Fsp3) is 0.579. The fourth-order valence-electron chi connectivity index (χ4n) is 2.99. The van der Waals surface area contributed by atoms with Crippen LogP contribution in [0.5, 0.6) is 0 Å². The highest BCUT2D eigenvalue weighted by atomic mass is 16.2. The van der Waals surface area contributed by atoms with Gasteiger partial charge >= 0.3 is 0 Å². The third-order valence-corrected chi connectivity index (χ3v) is 4.29. The normalized spacial score (nSPS) is 17.9. The van der Waals surface area contributed by atoms with Gasteiger partial charge in [0.25, 0.3) is 0 Å². The van der Waals surface area contributed by atoms with Crippen molar-refractivity contribution < 1.29 is 9.59 Å². The standard InChI is InChI=1S/C19H29N3O2/c1-4-9-20-18(23)17(10-13(2)3)22-19(24)16-11-14-7-5-6-8-15(14)12-21-16/h5-8,13,16-17,21H,4,9-12H2,1-3H3,(H,20,23)(H,22,24). The average molecular weight is 331 g/mol. The van der Waals surface area contributed by atoms with Gasteiger partial charge in [-0.1, -0.05) is 45.0 Å². The highest BCUT2D eigenvalue weighted by Gasteiger charge is 2.28. The smallest absolute Gasteiger partial charge is 0.242 e. The predicted octanol–water partition coefficient (Wildman–Crippen LogP) is 1.76. The molecule has 0 aliphatic carbocycles. The molecule has 5 nitrogen and oxygen atoms in total. The number of amides is 2. The number of fused-ring (bicyclic) bond motifs is 1. The van der Waals surface area contributed by atoms with Crippen LogP contribution in [0, 0.1) is 5.92 Å². The zero-order valence-electron chi connectivity index (χ0n) is 14.9. The molecule has 2 amide bonds. The lowest BCUT2D eigenvalue weighted by atomic mass is 9.95. The van der Waals surface area contributed by atoms with Gasteiger partial charge in [-0.2, -0.15) is 0 Å². The Morgan fingerprint density at radius 2 is 1.96 bits per heavy atom. The molecule has 1 aliphatic rings. The molecule has 1 aliphatic heterocycles. The van der Waals surface area contributed by atoms with Gasteiger partial charge in [-0.15, -0.1) is 0 Å². The number of rotatable bonds is 7. The summed E-state index contributed by atoms with van der Waals surface area (Å²) in [4.78, 5) is 24.9. The van der Waals surface area contributed by atoms with Crippen molar-refractivity contribution in [2.75, 3.05) is 6.54 Å². The summed E-state index contributed by atoms with van der Waals surface area (Å²) in [6.07, 6.45) is 2.19. The Morgan fingerprint density at radius 1 is 1.25 bits per heavy atom. The minimum Gasteiger partial charge on any atom is -0.354 e. The lowest BCUT2D eigenvalue weighted by Gasteiger charge is -2.28. The molecule has 0 radical (unpaired) electrons. The van der Waals surface area contributed by atoms with Gasteiger partial charge in [0.2, 0.25) is 11.8 Å². The van der Waals surface area contributed by atoms with Crippen LogP contribution < -0.4 is 16.0 Å². The third kappa shape index (κ3) is 5.06. The van der Waals surface area contributed by atoms with Crippen LogP contribution in [0.1, 0.15) is 44.7 Å². The minimum absolute atomic E-state index is 0.0879. The van der Waals surface area contributed by atoms with Crippen molar-refractivity contribution in [2.24, 2.45) is 5.92 Å². The van der Waals surface area contributed by atoms with Crippen LogP contribution in [0.25, 0.3) is 0 Å². The fourth-order valence-corrected chi connectivity index (χ4v) is 2.99. The second kappa shape index (κ2) is 8.83. The molecule has 5 heteroatoms. The first kappa shape index (κ1) is 18.5. The summed E-state index contributed by atoms with van der Waals surface area (Å²) in [7, 11) is 0. The van der Waals surface area contributed by atoms with Crippen LogP contribution in [-0.2, 0) is 22.6 Å². The summed E-state index contributed by atoms with van der Waals surface area (Å²) in [5.74, 6) is 0.152. The van der Waals surface area contributed by atoms with Crippen LogP contribution in [0.2, 0.25) is 0 Å². The molecule has 0 saturated carbocycles. The van der Waals surface area contributed by atoms with Gasteiger partial charge in [-0.3, -0.25) is 9.59 Å². The van der Waals surface area contributed by atoms with E-state index >= 15 is 0 Å². The van der Waals surface area contributed by atoms with Gasteiger partial charge in [0.15, 0.2) is 0 Å². The van der Waals surface area contributed by atoms with E-state index < -0.39 is 6.04 Å². The van der Waals surface area contributed by atoms with Crippen molar-refractivity contribution in [1.29, 1.82) is 0 Å². The Bertz CT molecular complexity index is 571. The van der Waals surface area contributed by atoms with Crippen molar-refractivity contribution in [3.8, 4) is 0 Å². The maximum absolute atomic E-state index is 12.6. The van der Waals surface area contributed by atoms with Gasteiger partial charge in [0.1, 0.15) is 6.04 Å². The molecule has 2 rings (SSSR count). The molecule has 1 heterocycles. The van der Waals surface area contributed by atoms with E-state index in [1.807, 2.05) is 19.1 Å². The monoisotopic (exact) mass is 331 g/mol. The molecule has 24 heavy (non-hydrogen) atoms. The molecule has 0 aromatic heterocycles. The summed E-state index contributed by atoms with van der Waals surface area (Å²) in [5, 5.41) is 9.10. The van der Waals surface area contributed by atoms with Crippen LogP contribution in [0.3, 0.4) is 0 Å². The Hall–Kier alpha value is -1.88. The number of nitrogens with one attached hydrogen (secondary N) is 3. The van der Waals surface area contributed by atoms with Crippen LogP contribution in [0.4, 0.5) is 0 Å². The maximum atomic E-state index is 12.6. The summed E-state index contributed by atoms with van der Waals surface area (Å²) >= 11 is 0. The first-order chi connectivity index (χ1) is 11.5. The Kier molecular flexibility index (Phi) is 6.79. The van der Waals surface area contributed by atoms with E-state index in [1.54, 1.807) is 0 Å². The molecular weight excluding hydrogens is 302 g/mol. The highest BCUT2D eigenvalue weighted by molar-refractivity contribution is 5.90. The van der Waals surface area contributed by atoms with Crippen LogP contribution in [-0.4, -0.2) is 30.4 Å². The van der Waals surface area contributed by atoms with Crippen LogP contribution >= 0.6 is 0 Å². The van der Waals surface area contributed by atoms with E-state index in [9.17, 15) is 9.59 Å². The predicted molar refractivity (Wildman–Crippen MR) is 95.5 cm³/mol. The van der Waals surface area contributed by atoms with Crippen molar-refractivity contribution in [3.63, 3.8) is 0 Å². The van der Waals surface area contributed by atoms with Gasteiger partial charge < -0.3 is 16.0 Å². The second-order valence-electron chi connectivity index (χ2n) is 6.89. The third-order valence-electron chi connectivity index (χ3n) is 4.29. The first-order valence-electron chi connectivity index (χ1n) is 8.89. The van der Waals surface area contributed by atoms with E-state index in [0.717, 1.165) is 6.42 Å². The van der Waals surface area contributed by atoms with Crippen molar-refractivity contribution >= 4 is 11.8 Å². The quantitative estimate of drug-likeness (QED) is 0.713. The molecule has 0 saturated heterocycles. The lowest BCUT2D eigenvalue weighted by molar-refractivity contribution is -0.130. The molecule has 0 fully saturated rings. The van der Waals surface area contributed by atoms with Crippen molar-refractivity contribution in [1.82, 2.24) is 16.0 Å². The van der Waals surface area contributed by atoms with Crippen molar-refractivity contribution in [3.05, 3.63) is 35.4 Å². The molecule has 1 aromatic carbocycles. The first-order valence-corrected chi connectivity index (χ1v) is 8.89. The zero-order valence-corrected chi connectivity index (χ0v) is 14.9. The molecule has 132 valence electrons. The van der Waals surface area contributed by atoms with Gasteiger partial charge in [-0.25, -0.2) is 0 Å². The summed E-state index contributed by atoms with van der Waals surface area (Å²) < 4.78 is 0. The number of benzene rings is 1. The van der Waals surface area contributed by atoms with Gasteiger partial charge in [0.05, 0.1) is 6.04 Å². The summed E-state index contributed by atoms with van der Waals surface area (Å²) in [5.41, 5.74) is 2.44. The number of carbonyl (C=O) groups excluding carboxylic acids is 2. The maximum Gasteiger partial charge on any atom is 0.242 e.